The summed E-state index contributed by atoms with van der Waals surface area (Å²) in [5, 5.41) is 15.4. The second kappa shape index (κ2) is 5.96. The molecule has 0 saturated heterocycles. The van der Waals surface area contributed by atoms with Crippen molar-refractivity contribution in [2.75, 3.05) is 12.1 Å². The van der Waals surface area contributed by atoms with Crippen LogP contribution in [-0.2, 0) is 4.79 Å². The SMILES string of the molecule is COc1cc(/C=C2\C(=O)N(c3ccccc3)N=C2C)ccc1O. The zero-order chi connectivity index (χ0) is 16.4. The first kappa shape index (κ1) is 14.8. The standard InChI is InChI=1S/C18H16N2O3/c1-12-15(10-13-8-9-16(21)17(11-13)23-2)18(22)20(19-12)14-6-4-3-5-7-14/h3-11,21H,1-2H3/b15-10-. The number of ether oxygens (including phenoxy) is 1. The van der Waals surface area contributed by atoms with Crippen molar-refractivity contribution in [1.82, 2.24) is 0 Å². The van der Waals surface area contributed by atoms with E-state index in [0.29, 0.717) is 17.0 Å². The molecule has 116 valence electrons. The van der Waals surface area contributed by atoms with Gasteiger partial charge in [-0.15, -0.1) is 0 Å². The average molecular weight is 308 g/mol. The van der Waals surface area contributed by atoms with Crippen molar-refractivity contribution in [3.05, 3.63) is 59.7 Å². The number of aromatic hydroxyl groups is 1. The summed E-state index contributed by atoms with van der Waals surface area (Å²) in [6.07, 6.45) is 1.74. The molecule has 0 saturated carbocycles. The molecule has 23 heavy (non-hydrogen) atoms. The third-order valence-corrected chi connectivity index (χ3v) is 3.58. The second-order valence-electron chi connectivity index (χ2n) is 5.13. The quantitative estimate of drug-likeness (QED) is 0.886. The number of phenolic OH excluding ortho intramolecular Hbond substituents is 1. The fraction of sp³-hybridized carbons (Fsp3) is 0.111. The largest absolute Gasteiger partial charge is 0.504 e. The van der Waals surface area contributed by atoms with Crippen molar-refractivity contribution in [2.45, 2.75) is 6.92 Å². The lowest BCUT2D eigenvalue weighted by atomic mass is 10.1. The molecule has 0 bridgehead atoms. The van der Waals surface area contributed by atoms with Crippen LogP contribution in [-0.4, -0.2) is 23.8 Å². The second-order valence-corrected chi connectivity index (χ2v) is 5.13. The van der Waals surface area contributed by atoms with E-state index in [1.54, 1.807) is 25.1 Å². The number of para-hydroxylation sites is 1. The number of anilines is 1. The number of phenols is 1. The minimum Gasteiger partial charge on any atom is -0.504 e. The monoisotopic (exact) mass is 308 g/mol. The third-order valence-electron chi connectivity index (χ3n) is 3.58. The number of hydrogen-bond donors (Lipinski definition) is 1. The summed E-state index contributed by atoms with van der Waals surface area (Å²) in [5.41, 5.74) is 2.64. The molecule has 1 aliphatic heterocycles. The highest BCUT2D eigenvalue weighted by Gasteiger charge is 2.28. The van der Waals surface area contributed by atoms with Crippen LogP contribution >= 0.6 is 0 Å². The van der Waals surface area contributed by atoms with Gasteiger partial charge in [0.2, 0.25) is 0 Å². The van der Waals surface area contributed by atoms with Gasteiger partial charge in [0.05, 0.1) is 24.1 Å². The molecule has 1 aliphatic rings. The first-order chi connectivity index (χ1) is 11.1. The molecule has 0 radical (unpaired) electrons. The maximum atomic E-state index is 12.6. The Hall–Kier alpha value is -3.08. The molecule has 5 nitrogen and oxygen atoms in total. The van der Waals surface area contributed by atoms with E-state index in [4.69, 9.17) is 4.74 Å². The molecule has 1 N–H and O–H groups in total. The van der Waals surface area contributed by atoms with Crippen LogP contribution in [0, 0.1) is 0 Å². The fourth-order valence-electron chi connectivity index (χ4n) is 2.38. The predicted molar refractivity (Wildman–Crippen MR) is 89.7 cm³/mol. The number of hydrazone groups is 1. The van der Waals surface area contributed by atoms with Gasteiger partial charge in [0.25, 0.3) is 5.91 Å². The van der Waals surface area contributed by atoms with E-state index in [1.807, 2.05) is 30.3 Å². The zero-order valence-electron chi connectivity index (χ0n) is 12.9. The van der Waals surface area contributed by atoms with Crippen LogP contribution in [0.25, 0.3) is 6.08 Å². The van der Waals surface area contributed by atoms with E-state index < -0.39 is 0 Å². The number of amides is 1. The summed E-state index contributed by atoms with van der Waals surface area (Å²) in [6.45, 7) is 1.80. The van der Waals surface area contributed by atoms with Crippen LogP contribution in [0.1, 0.15) is 12.5 Å². The Morgan fingerprint density at radius 3 is 2.61 bits per heavy atom. The molecule has 3 rings (SSSR count). The van der Waals surface area contributed by atoms with Crippen LogP contribution in [0.5, 0.6) is 11.5 Å². The molecule has 0 unspecified atom stereocenters. The first-order valence-corrected chi connectivity index (χ1v) is 7.14. The van der Waals surface area contributed by atoms with Crippen molar-refractivity contribution >= 4 is 23.4 Å². The van der Waals surface area contributed by atoms with Crippen LogP contribution in [0.3, 0.4) is 0 Å². The van der Waals surface area contributed by atoms with Gasteiger partial charge < -0.3 is 9.84 Å². The Morgan fingerprint density at radius 2 is 1.91 bits per heavy atom. The minimum atomic E-state index is -0.180. The summed E-state index contributed by atoms with van der Waals surface area (Å²) < 4.78 is 5.09. The van der Waals surface area contributed by atoms with Gasteiger partial charge in [-0.3, -0.25) is 4.79 Å². The molecule has 5 heteroatoms. The Bertz CT molecular complexity index is 810. The van der Waals surface area contributed by atoms with Crippen molar-refractivity contribution in [3.63, 3.8) is 0 Å². The molecule has 2 aromatic carbocycles. The van der Waals surface area contributed by atoms with Crippen LogP contribution in [0.2, 0.25) is 0 Å². The van der Waals surface area contributed by atoms with Gasteiger partial charge in [0.15, 0.2) is 11.5 Å². The molecule has 1 heterocycles. The topological polar surface area (TPSA) is 62.1 Å². The van der Waals surface area contributed by atoms with Crippen LogP contribution in [0.4, 0.5) is 5.69 Å². The summed E-state index contributed by atoms with van der Waals surface area (Å²) >= 11 is 0. The van der Waals surface area contributed by atoms with Gasteiger partial charge in [0.1, 0.15) is 0 Å². The molecule has 2 aromatic rings. The van der Waals surface area contributed by atoms with Gasteiger partial charge in [-0.25, -0.2) is 0 Å². The molecule has 1 amide bonds. The summed E-state index contributed by atoms with van der Waals surface area (Å²) in [7, 11) is 1.48. The number of hydrogen-bond acceptors (Lipinski definition) is 4. The van der Waals surface area contributed by atoms with Crippen LogP contribution < -0.4 is 9.75 Å². The fourth-order valence-corrected chi connectivity index (χ4v) is 2.38. The van der Waals surface area contributed by atoms with E-state index in [0.717, 1.165) is 11.3 Å². The smallest absolute Gasteiger partial charge is 0.280 e. The summed E-state index contributed by atoms with van der Waals surface area (Å²) in [4.78, 5) is 12.6. The highest BCUT2D eigenvalue weighted by molar-refractivity contribution is 6.32. The molecule has 0 fully saturated rings. The van der Waals surface area contributed by atoms with Gasteiger partial charge in [-0.05, 0) is 42.8 Å². The summed E-state index contributed by atoms with van der Waals surface area (Å²) in [6, 6.07) is 14.2. The van der Waals surface area contributed by atoms with Gasteiger partial charge in [-0.2, -0.15) is 10.1 Å². The van der Waals surface area contributed by atoms with Crippen molar-refractivity contribution in [2.24, 2.45) is 5.10 Å². The number of benzene rings is 2. The van der Waals surface area contributed by atoms with Crippen molar-refractivity contribution < 1.29 is 14.6 Å². The Balaban J connectivity index is 1.95. The number of carbonyl (C=O) groups is 1. The molecular weight excluding hydrogens is 292 g/mol. The van der Waals surface area contributed by atoms with Crippen molar-refractivity contribution in [1.29, 1.82) is 0 Å². The lowest BCUT2D eigenvalue weighted by molar-refractivity contribution is -0.114. The number of rotatable bonds is 3. The first-order valence-electron chi connectivity index (χ1n) is 7.14. The molecule has 0 atom stereocenters. The Morgan fingerprint density at radius 1 is 1.17 bits per heavy atom. The normalized spacial score (nSPS) is 15.9. The van der Waals surface area contributed by atoms with Crippen LogP contribution in [0.15, 0.2) is 59.2 Å². The average Bonchev–Trinajstić information content (AvgIpc) is 2.85. The predicted octanol–water partition coefficient (Wildman–Crippen LogP) is 3.21. The molecule has 0 spiro atoms. The maximum absolute atomic E-state index is 12.6. The highest BCUT2D eigenvalue weighted by Crippen LogP contribution is 2.29. The van der Waals surface area contributed by atoms with E-state index in [1.165, 1.54) is 18.2 Å². The molecule has 0 aromatic heterocycles. The summed E-state index contributed by atoms with van der Waals surface area (Å²) in [5.74, 6) is 0.240. The zero-order valence-corrected chi connectivity index (χ0v) is 12.9. The van der Waals surface area contributed by atoms with Crippen molar-refractivity contribution in [3.8, 4) is 11.5 Å². The third kappa shape index (κ3) is 2.81. The van der Waals surface area contributed by atoms with Gasteiger partial charge in [0, 0.05) is 0 Å². The maximum Gasteiger partial charge on any atom is 0.280 e. The number of carbonyl (C=O) groups excluding carboxylic acids is 1. The lowest BCUT2D eigenvalue weighted by Crippen LogP contribution is -2.21. The van der Waals surface area contributed by atoms with Gasteiger partial charge in [-0.1, -0.05) is 24.3 Å². The number of nitrogens with zero attached hydrogens (tertiary/aromatic N) is 2. The van der Waals surface area contributed by atoms with E-state index in [2.05, 4.69) is 5.10 Å². The number of methoxy groups -OCH3 is 1. The minimum absolute atomic E-state index is 0.0590. The Labute approximate surface area is 134 Å². The van der Waals surface area contributed by atoms with E-state index in [9.17, 15) is 9.90 Å². The Kier molecular flexibility index (Phi) is 3.85. The van der Waals surface area contributed by atoms with E-state index >= 15 is 0 Å². The van der Waals surface area contributed by atoms with E-state index in [-0.39, 0.29) is 11.7 Å². The lowest BCUT2D eigenvalue weighted by Gasteiger charge is -2.11. The van der Waals surface area contributed by atoms with Gasteiger partial charge >= 0.3 is 0 Å². The molecular formula is C18H16N2O3. The highest BCUT2D eigenvalue weighted by atomic mass is 16.5. The molecule has 0 aliphatic carbocycles.